The summed E-state index contributed by atoms with van der Waals surface area (Å²) < 4.78 is 1.51. The number of hydrogen-bond acceptors (Lipinski definition) is 2. The van der Waals surface area contributed by atoms with Gasteiger partial charge in [0.1, 0.15) is 5.69 Å². The molecular weight excluding hydrogens is 336 g/mol. The summed E-state index contributed by atoms with van der Waals surface area (Å²) in [4.78, 5) is 28.3. The largest absolute Gasteiger partial charge is 0.337 e. The minimum atomic E-state index is -0.182. The average Bonchev–Trinajstić information content (AvgIpc) is 3.19. The Morgan fingerprint density at radius 1 is 0.704 bits per heavy atom. The van der Waals surface area contributed by atoms with Gasteiger partial charge in [0.15, 0.2) is 0 Å². The van der Waals surface area contributed by atoms with Gasteiger partial charge >= 0.3 is 0 Å². The zero-order valence-electron chi connectivity index (χ0n) is 15.2. The lowest BCUT2D eigenvalue weighted by molar-refractivity contribution is 0.0705. The predicted molar refractivity (Wildman–Crippen MR) is 106 cm³/mol. The van der Waals surface area contributed by atoms with Crippen molar-refractivity contribution in [1.82, 2.24) is 9.47 Å². The molecule has 4 nitrogen and oxygen atoms in total. The summed E-state index contributed by atoms with van der Waals surface area (Å²) in [6, 6.07) is 20.7. The van der Waals surface area contributed by atoms with Crippen molar-refractivity contribution in [1.29, 1.82) is 0 Å². The van der Waals surface area contributed by atoms with Gasteiger partial charge in [0, 0.05) is 30.4 Å². The molecule has 1 saturated heterocycles. The third-order valence-corrected chi connectivity index (χ3v) is 5.06. The van der Waals surface area contributed by atoms with Crippen molar-refractivity contribution in [2.45, 2.75) is 19.3 Å². The molecule has 4 rings (SSSR count). The molecule has 2 heterocycles. The quantitative estimate of drug-likeness (QED) is 0.693. The molecule has 3 aromatic rings. The normalized spacial score (nSPS) is 14.1. The van der Waals surface area contributed by atoms with Gasteiger partial charge in [-0.1, -0.05) is 48.5 Å². The number of rotatable bonds is 3. The van der Waals surface area contributed by atoms with Gasteiger partial charge < -0.3 is 4.90 Å². The third-order valence-electron chi connectivity index (χ3n) is 5.06. The molecule has 0 aliphatic carbocycles. The maximum absolute atomic E-state index is 13.4. The Labute approximate surface area is 159 Å². The van der Waals surface area contributed by atoms with E-state index in [-0.39, 0.29) is 11.8 Å². The van der Waals surface area contributed by atoms with Gasteiger partial charge in [0.2, 0.25) is 0 Å². The summed E-state index contributed by atoms with van der Waals surface area (Å²) in [7, 11) is 0. The molecule has 0 N–H and O–H groups in total. The first-order chi connectivity index (χ1) is 13.3. The molecule has 1 aromatic heterocycles. The average molecular weight is 358 g/mol. The smallest absolute Gasteiger partial charge is 0.271 e. The zero-order valence-corrected chi connectivity index (χ0v) is 15.2. The van der Waals surface area contributed by atoms with Crippen LogP contribution in [0.5, 0.6) is 0 Å². The molecular formula is C23H22N2O2. The van der Waals surface area contributed by atoms with Gasteiger partial charge in [0.05, 0.1) is 0 Å². The van der Waals surface area contributed by atoms with Crippen LogP contribution < -0.4 is 0 Å². The molecule has 1 fully saturated rings. The van der Waals surface area contributed by atoms with E-state index in [4.69, 9.17) is 0 Å². The second-order valence-electron chi connectivity index (χ2n) is 6.84. The first-order valence-electron chi connectivity index (χ1n) is 9.41. The molecule has 1 amide bonds. The summed E-state index contributed by atoms with van der Waals surface area (Å²) in [5, 5.41) is 0. The lowest BCUT2D eigenvalue weighted by Crippen LogP contribution is -2.37. The van der Waals surface area contributed by atoms with Gasteiger partial charge in [-0.05, 0) is 43.0 Å². The van der Waals surface area contributed by atoms with Crippen LogP contribution >= 0.6 is 0 Å². The summed E-state index contributed by atoms with van der Waals surface area (Å²) >= 11 is 0. The van der Waals surface area contributed by atoms with E-state index in [1.54, 1.807) is 18.3 Å². The van der Waals surface area contributed by atoms with Crippen LogP contribution in [0.15, 0.2) is 72.9 Å². The highest BCUT2D eigenvalue weighted by Gasteiger charge is 2.27. The number of piperidine rings is 1. The molecule has 27 heavy (non-hydrogen) atoms. The fourth-order valence-electron chi connectivity index (χ4n) is 3.64. The minimum absolute atomic E-state index is 0.0668. The van der Waals surface area contributed by atoms with Crippen LogP contribution in [0, 0.1) is 0 Å². The second kappa shape index (κ2) is 7.62. The maximum atomic E-state index is 13.4. The van der Waals surface area contributed by atoms with Crippen LogP contribution in [0.25, 0.3) is 11.1 Å². The number of likely N-dealkylation sites (tertiary alicyclic amines) is 1. The minimum Gasteiger partial charge on any atom is -0.337 e. The lowest BCUT2D eigenvalue weighted by Gasteiger charge is -2.27. The molecule has 0 unspecified atom stereocenters. The van der Waals surface area contributed by atoms with Crippen molar-refractivity contribution in [2.75, 3.05) is 13.1 Å². The van der Waals surface area contributed by atoms with Crippen LogP contribution in [-0.4, -0.2) is 34.4 Å². The fraction of sp³-hybridized carbons (Fsp3) is 0.217. The van der Waals surface area contributed by atoms with E-state index in [2.05, 4.69) is 0 Å². The molecule has 0 bridgehead atoms. The molecule has 1 aliphatic rings. The highest BCUT2D eigenvalue weighted by atomic mass is 16.2. The van der Waals surface area contributed by atoms with Crippen molar-refractivity contribution < 1.29 is 9.59 Å². The van der Waals surface area contributed by atoms with Crippen molar-refractivity contribution in [3.8, 4) is 11.1 Å². The Kier molecular flexibility index (Phi) is 4.88. The van der Waals surface area contributed by atoms with E-state index in [1.807, 2.05) is 59.5 Å². The third kappa shape index (κ3) is 3.43. The highest BCUT2D eigenvalue weighted by Crippen LogP contribution is 2.27. The predicted octanol–water partition coefficient (Wildman–Crippen LogP) is 4.47. The van der Waals surface area contributed by atoms with E-state index < -0.39 is 0 Å². The molecule has 0 atom stereocenters. The van der Waals surface area contributed by atoms with E-state index in [0.29, 0.717) is 11.3 Å². The number of carbonyl (C=O) groups excluding carboxylic acids is 2. The first-order valence-corrected chi connectivity index (χ1v) is 9.41. The highest BCUT2D eigenvalue weighted by molar-refractivity contribution is 6.06. The van der Waals surface area contributed by atoms with E-state index in [9.17, 15) is 9.59 Å². The number of aromatic nitrogens is 1. The SMILES string of the molecule is O=C(c1c(-c2ccccc2)ccn1C(=O)c1ccccc1)N1CCCCC1. The van der Waals surface area contributed by atoms with Crippen molar-refractivity contribution >= 4 is 11.8 Å². The molecule has 0 spiro atoms. The topological polar surface area (TPSA) is 42.3 Å². The zero-order chi connectivity index (χ0) is 18.6. The summed E-state index contributed by atoms with van der Waals surface area (Å²) in [6.07, 6.45) is 4.90. The first kappa shape index (κ1) is 17.3. The monoisotopic (exact) mass is 358 g/mol. The van der Waals surface area contributed by atoms with E-state index in [1.165, 1.54) is 4.57 Å². The molecule has 4 heteroatoms. The molecule has 136 valence electrons. The van der Waals surface area contributed by atoms with Crippen LogP contribution in [0.3, 0.4) is 0 Å². The summed E-state index contributed by atoms with van der Waals surface area (Å²) in [5.74, 6) is -0.249. The number of benzene rings is 2. The van der Waals surface area contributed by atoms with Crippen molar-refractivity contribution in [3.63, 3.8) is 0 Å². The van der Waals surface area contributed by atoms with Gasteiger partial charge in [0.25, 0.3) is 11.8 Å². The van der Waals surface area contributed by atoms with Crippen molar-refractivity contribution in [2.24, 2.45) is 0 Å². The number of amides is 1. The summed E-state index contributed by atoms with van der Waals surface area (Å²) in [5.41, 5.74) is 2.77. The maximum Gasteiger partial charge on any atom is 0.271 e. The summed E-state index contributed by atoms with van der Waals surface area (Å²) in [6.45, 7) is 1.50. The Hall–Kier alpha value is -3.14. The second-order valence-corrected chi connectivity index (χ2v) is 6.84. The lowest BCUT2D eigenvalue weighted by atomic mass is 10.0. The molecule has 2 aromatic carbocycles. The Morgan fingerprint density at radius 3 is 2.00 bits per heavy atom. The van der Waals surface area contributed by atoms with Crippen molar-refractivity contribution in [3.05, 3.63) is 84.2 Å². The Morgan fingerprint density at radius 2 is 1.33 bits per heavy atom. The molecule has 0 radical (unpaired) electrons. The van der Waals surface area contributed by atoms with Gasteiger partial charge in [-0.2, -0.15) is 0 Å². The van der Waals surface area contributed by atoms with Crippen LogP contribution in [0.4, 0.5) is 0 Å². The number of hydrogen-bond donors (Lipinski definition) is 0. The molecule has 0 saturated carbocycles. The number of nitrogens with zero attached hydrogens (tertiary/aromatic N) is 2. The standard InChI is InChI=1S/C23H22N2O2/c26-22(19-12-6-2-7-13-19)25-17-14-20(18-10-4-1-5-11-18)21(25)23(27)24-15-8-3-9-16-24/h1-2,4-7,10-14,17H,3,8-9,15-16H2. The number of carbonyl (C=O) groups is 2. The Bertz CT molecular complexity index is 939. The molecule has 1 aliphatic heterocycles. The van der Waals surface area contributed by atoms with Gasteiger partial charge in [-0.3, -0.25) is 14.2 Å². The van der Waals surface area contributed by atoms with Gasteiger partial charge in [-0.15, -0.1) is 0 Å². The fourth-order valence-corrected chi connectivity index (χ4v) is 3.64. The Balaban J connectivity index is 1.81. The van der Waals surface area contributed by atoms with Crippen LogP contribution in [0.2, 0.25) is 0 Å². The van der Waals surface area contributed by atoms with E-state index in [0.717, 1.165) is 43.5 Å². The van der Waals surface area contributed by atoms with Crippen LogP contribution in [-0.2, 0) is 0 Å². The van der Waals surface area contributed by atoms with Crippen LogP contribution in [0.1, 0.15) is 40.1 Å². The van der Waals surface area contributed by atoms with Gasteiger partial charge in [-0.25, -0.2) is 0 Å². The van der Waals surface area contributed by atoms with E-state index >= 15 is 0 Å².